The van der Waals surface area contributed by atoms with Gasteiger partial charge in [-0.2, -0.15) is 4.68 Å². The second-order valence-electron chi connectivity index (χ2n) is 4.94. The zero-order chi connectivity index (χ0) is 14.6. The first-order valence-electron chi connectivity index (χ1n) is 6.55. The van der Waals surface area contributed by atoms with Crippen LogP contribution < -0.4 is 5.49 Å². The molecule has 0 spiro atoms. The minimum Gasteiger partial charge on any atom is -0.436 e. The van der Waals surface area contributed by atoms with Crippen LogP contribution in [0.1, 0.15) is 11.7 Å². The monoisotopic (exact) mass is 277 g/mol. The van der Waals surface area contributed by atoms with Crippen molar-refractivity contribution in [1.82, 2.24) is 9.78 Å². The van der Waals surface area contributed by atoms with E-state index >= 15 is 0 Å². The second kappa shape index (κ2) is 4.02. The van der Waals surface area contributed by atoms with E-state index < -0.39 is 0 Å². The van der Waals surface area contributed by atoms with E-state index in [1.54, 1.807) is 0 Å². The molecule has 0 fully saturated rings. The van der Waals surface area contributed by atoms with Crippen LogP contribution in [0.25, 0.3) is 33.2 Å². The van der Waals surface area contributed by atoms with Crippen molar-refractivity contribution in [3.05, 3.63) is 48.0 Å². The molecule has 4 rings (SSSR count). The molecule has 0 atom stereocenters. The van der Waals surface area contributed by atoms with E-state index in [4.69, 9.17) is 9.83 Å². The van der Waals surface area contributed by atoms with E-state index in [0.717, 1.165) is 20.8 Å². The summed E-state index contributed by atoms with van der Waals surface area (Å²) in [7, 11) is 0. The maximum atomic E-state index is 11.5. The summed E-state index contributed by atoms with van der Waals surface area (Å²) in [5, 5.41) is 15.2. The van der Waals surface area contributed by atoms with Gasteiger partial charge in [0.05, 0.1) is 5.56 Å². The van der Waals surface area contributed by atoms with Gasteiger partial charge in [-0.15, -0.1) is 5.10 Å². The molecule has 2 aliphatic heterocycles. The number of carbonyl (C=O) groups excluding carboxylic acids is 1. The molecule has 0 amide bonds. The number of benzene rings is 2. The molecule has 0 aromatic heterocycles. The molecule has 5 heteroatoms. The Balaban J connectivity index is 2.20. The number of fused-ring (bicyclic) bond motifs is 4. The van der Waals surface area contributed by atoms with E-state index in [2.05, 4.69) is 5.10 Å². The topological polar surface area (TPSA) is 71.9 Å². The molecule has 5 nitrogen and oxygen atoms in total. The van der Waals surface area contributed by atoms with E-state index in [9.17, 15) is 4.79 Å². The SMILES string of the molecule is CC(=O)n1nc2oc3ccc4ccccc4c3cc-2c1=N. The fourth-order valence-corrected chi connectivity index (χ4v) is 2.61. The standard InChI is InChI=1S/C16H11N3O2/c1-9(20)19-15(17)13-8-12-11-5-3-2-4-10(11)6-7-14(12)21-16(13)18-19/h2-8,17H,1H3. The lowest BCUT2D eigenvalue weighted by Crippen LogP contribution is -2.21. The second-order valence-corrected chi connectivity index (χ2v) is 4.94. The summed E-state index contributed by atoms with van der Waals surface area (Å²) in [5.41, 5.74) is 1.28. The van der Waals surface area contributed by atoms with Crippen molar-refractivity contribution < 1.29 is 9.21 Å². The Kier molecular flexibility index (Phi) is 2.27. The van der Waals surface area contributed by atoms with Gasteiger partial charge in [-0.25, -0.2) is 0 Å². The van der Waals surface area contributed by atoms with Crippen LogP contribution in [-0.2, 0) is 0 Å². The maximum absolute atomic E-state index is 11.5. The molecule has 0 aliphatic carbocycles. The number of hydrogen-bond acceptors (Lipinski definition) is 4. The molecule has 102 valence electrons. The highest BCUT2D eigenvalue weighted by atomic mass is 16.3. The van der Waals surface area contributed by atoms with Gasteiger partial charge < -0.3 is 4.42 Å². The molecular weight excluding hydrogens is 266 g/mol. The summed E-state index contributed by atoms with van der Waals surface area (Å²) < 4.78 is 6.81. The molecule has 1 N–H and O–H groups in total. The largest absolute Gasteiger partial charge is 0.436 e. The van der Waals surface area contributed by atoms with Crippen molar-refractivity contribution in [2.45, 2.75) is 6.92 Å². The lowest BCUT2D eigenvalue weighted by atomic mass is 10.0. The summed E-state index contributed by atoms with van der Waals surface area (Å²) in [6.45, 7) is 1.37. The van der Waals surface area contributed by atoms with Gasteiger partial charge in [0.15, 0.2) is 5.49 Å². The Morgan fingerprint density at radius 1 is 1.19 bits per heavy atom. The van der Waals surface area contributed by atoms with Crippen LogP contribution in [0.2, 0.25) is 0 Å². The highest BCUT2D eigenvalue weighted by molar-refractivity contribution is 6.06. The molecule has 2 aromatic rings. The fourth-order valence-electron chi connectivity index (χ4n) is 2.61. The zero-order valence-corrected chi connectivity index (χ0v) is 11.3. The number of nitrogens with one attached hydrogen (secondary N) is 1. The molecule has 21 heavy (non-hydrogen) atoms. The van der Waals surface area contributed by atoms with Crippen LogP contribution in [0, 0.1) is 5.41 Å². The molecule has 0 saturated heterocycles. The number of hydrogen-bond donors (Lipinski definition) is 1. The molecule has 2 heterocycles. The van der Waals surface area contributed by atoms with Crippen molar-refractivity contribution >= 4 is 27.6 Å². The van der Waals surface area contributed by atoms with Crippen molar-refractivity contribution in [2.24, 2.45) is 0 Å². The van der Waals surface area contributed by atoms with Crippen molar-refractivity contribution in [1.29, 1.82) is 5.41 Å². The lowest BCUT2D eigenvalue weighted by molar-refractivity contribution is 0.0915. The lowest BCUT2D eigenvalue weighted by Gasteiger charge is -2.04. The van der Waals surface area contributed by atoms with Gasteiger partial charge in [0, 0.05) is 12.3 Å². The number of carbonyl (C=O) groups is 1. The summed E-state index contributed by atoms with van der Waals surface area (Å²) in [4.78, 5) is 11.5. The van der Waals surface area contributed by atoms with Crippen molar-refractivity contribution in [3.8, 4) is 11.5 Å². The Hall–Kier alpha value is -2.95. The maximum Gasteiger partial charge on any atom is 0.248 e. The van der Waals surface area contributed by atoms with Gasteiger partial charge in [-0.3, -0.25) is 10.2 Å². The summed E-state index contributed by atoms with van der Waals surface area (Å²) in [6, 6.07) is 13.7. The zero-order valence-electron chi connectivity index (χ0n) is 11.3. The Morgan fingerprint density at radius 3 is 2.81 bits per heavy atom. The Morgan fingerprint density at radius 2 is 2.00 bits per heavy atom. The quantitative estimate of drug-likeness (QED) is 0.502. The first kappa shape index (κ1) is 11.8. The predicted octanol–water partition coefficient (Wildman–Crippen LogP) is 3.03. The number of aromatic nitrogens is 2. The molecule has 0 unspecified atom stereocenters. The van der Waals surface area contributed by atoms with Gasteiger partial charge in [0.1, 0.15) is 5.58 Å². The average Bonchev–Trinajstić information content (AvgIpc) is 2.82. The predicted molar refractivity (Wildman–Crippen MR) is 78.3 cm³/mol. The third kappa shape index (κ3) is 1.61. The molecule has 0 saturated carbocycles. The normalized spacial score (nSPS) is 11.5. The van der Waals surface area contributed by atoms with Gasteiger partial charge in [-0.05, 0) is 22.9 Å². The minimum absolute atomic E-state index is 0.0519. The highest BCUT2D eigenvalue weighted by Gasteiger charge is 2.18. The molecule has 2 aliphatic rings. The number of rotatable bonds is 0. The minimum atomic E-state index is -0.305. The van der Waals surface area contributed by atoms with Crippen LogP contribution >= 0.6 is 0 Å². The molecular formula is C16H11N3O2. The molecule has 0 bridgehead atoms. The van der Waals surface area contributed by atoms with Gasteiger partial charge in [0.2, 0.25) is 11.8 Å². The summed E-state index contributed by atoms with van der Waals surface area (Å²) in [5.74, 6) is -0.00158. The van der Waals surface area contributed by atoms with Crippen molar-refractivity contribution in [3.63, 3.8) is 0 Å². The van der Waals surface area contributed by atoms with Crippen LogP contribution in [-0.4, -0.2) is 15.7 Å². The Labute approximate surface area is 119 Å². The smallest absolute Gasteiger partial charge is 0.248 e. The van der Waals surface area contributed by atoms with E-state index in [1.807, 2.05) is 42.5 Å². The molecule has 2 aromatic carbocycles. The highest BCUT2D eigenvalue weighted by Crippen LogP contribution is 2.30. The average molecular weight is 277 g/mol. The van der Waals surface area contributed by atoms with Gasteiger partial charge in [-0.1, -0.05) is 30.3 Å². The first-order chi connectivity index (χ1) is 10.1. The van der Waals surface area contributed by atoms with Gasteiger partial charge in [0.25, 0.3) is 0 Å². The Bertz CT molecular complexity index is 1040. The summed E-state index contributed by atoms with van der Waals surface area (Å²) in [6.07, 6.45) is 0. The van der Waals surface area contributed by atoms with Crippen LogP contribution in [0.3, 0.4) is 0 Å². The van der Waals surface area contributed by atoms with E-state index in [-0.39, 0.29) is 11.4 Å². The van der Waals surface area contributed by atoms with E-state index in [1.165, 1.54) is 6.92 Å². The van der Waals surface area contributed by atoms with Crippen LogP contribution in [0.5, 0.6) is 0 Å². The third-order valence-electron chi connectivity index (χ3n) is 3.61. The number of nitrogens with zero attached hydrogens (tertiary/aromatic N) is 2. The third-order valence-corrected chi connectivity index (χ3v) is 3.61. The van der Waals surface area contributed by atoms with Crippen LogP contribution in [0.4, 0.5) is 0 Å². The summed E-state index contributed by atoms with van der Waals surface area (Å²) >= 11 is 0. The van der Waals surface area contributed by atoms with Crippen molar-refractivity contribution in [2.75, 3.05) is 0 Å². The first-order valence-corrected chi connectivity index (χ1v) is 6.55. The fraction of sp³-hybridized carbons (Fsp3) is 0.0625. The van der Waals surface area contributed by atoms with Gasteiger partial charge >= 0.3 is 0 Å². The van der Waals surface area contributed by atoms with Crippen LogP contribution in [0.15, 0.2) is 46.9 Å². The van der Waals surface area contributed by atoms with E-state index in [0.29, 0.717) is 17.0 Å². The molecule has 0 radical (unpaired) electrons.